The van der Waals surface area contributed by atoms with Crippen LogP contribution in [0, 0.1) is 0 Å². The van der Waals surface area contributed by atoms with E-state index in [1.165, 1.54) is 7.11 Å². The van der Waals surface area contributed by atoms with Gasteiger partial charge in [-0.15, -0.1) is 0 Å². The summed E-state index contributed by atoms with van der Waals surface area (Å²) in [5.41, 5.74) is 4.40. The maximum atomic E-state index is 11.9. The van der Waals surface area contributed by atoms with Crippen molar-refractivity contribution in [2.75, 3.05) is 31.0 Å². The molecule has 1 amide bonds. The molecule has 0 bridgehead atoms. The van der Waals surface area contributed by atoms with Gasteiger partial charge in [-0.2, -0.15) is 0 Å². The minimum Gasteiger partial charge on any atom is -0.495 e. The summed E-state index contributed by atoms with van der Waals surface area (Å²) >= 11 is 5.86. The van der Waals surface area contributed by atoms with E-state index in [0.717, 1.165) is 28.5 Å². The largest absolute Gasteiger partial charge is 0.495 e. The summed E-state index contributed by atoms with van der Waals surface area (Å²) in [7, 11) is 3.16. The molecule has 37 heavy (non-hydrogen) atoms. The number of carbonyl (C=O) groups is 1. The first-order chi connectivity index (χ1) is 18.1. The molecule has 1 fully saturated rings. The van der Waals surface area contributed by atoms with Crippen molar-refractivity contribution < 1.29 is 14.3 Å². The predicted octanol–water partition coefficient (Wildman–Crippen LogP) is 4.64. The van der Waals surface area contributed by atoms with Gasteiger partial charge >= 0.3 is 0 Å². The lowest BCUT2D eigenvalue weighted by molar-refractivity contribution is -0.119. The van der Waals surface area contributed by atoms with Crippen molar-refractivity contribution in [1.29, 1.82) is 0 Å². The van der Waals surface area contributed by atoms with E-state index in [-0.39, 0.29) is 24.6 Å². The number of nitrogens with zero attached hydrogens (tertiary/aromatic N) is 3. The van der Waals surface area contributed by atoms with Crippen LogP contribution in [0.5, 0.6) is 5.75 Å². The lowest BCUT2D eigenvalue weighted by Crippen LogP contribution is -2.30. The third-order valence-electron chi connectivity index (χ3n) is 6.23. The third kappa shape index (κ3) is 4.91. The third-order valence-corrected chi connectivity index (χ3v) is 6.55. The van der Waals surface area contributed by atoms with E-state index in [0.29, 0.717) is 10.8 Å². The average molecular weight is 514 g/mol. The Kier molecular flexibility index (Phi) is 7.16. The van der Waals surface area contributed by atoms with Crippen LogP contribution in [0.4, 0.5) is 11.4 Å². The number of carbonyl (C=O) groups excluding carboxylic acids is 1. The number of hydrogen-bond donors (Lipinski definition) is 2. The molecule has 0 saturated carbocycles. The Hall–Kier alpha value is -4.21. The van der Waals surface area contributed by atoms with Crippen LogP contribution in [0.15, 0.2) is 91.3 Å². The summed E-state index contributed by atoms with van der Waals surface area (Å²) < 4.78 is 12.7. The monoisotopic (exact) mass is 513 g/mol. The predicted molar refractivity (Wildman–Crippen MR) is 147 cm³/mol. The first-order valence-corrected chi connectivity index (χ1v) is 12.2. The van der Waals surface area contributed by atoms with Crippen molar-refractivity contribution in [1.82, 2.24) is 14.9 Å². The number of benzene rings is 2. The molecule has 0 spiro atoms. The highest BCUT2D eigenvalue weighted by molar-refractivity contribution is 7.80. The van der Waals surface area contributed by atoms with E-state index in [4.69, 9.17) is 21.7 Å². The quantitative estimate of drug-likeness (QED) is 0.332. The standard InChI is InChI=1S/C28H27N5O3S/c1-35-18-25(34)30-19-12-14-20(15-13-19)33-27(26(31-28(33)37)21-8-5-6-16-29-21)23-10-7-17-32(23)22-9-3-4-11-24(22)36-2/h3-17,26-27H,18H2,1-2H3,(H,30,34)(H,31,37)/t26-,27+/m0/s1. The minimum absolute atomic E-state index is 0.00432. The van der Waals surface area contributed by atoms with Gasteiger partial charge in [0.25, 0.3) is 0 Å². The lowest BCUT2D eigenvalue weighted by Gasteiger charge is -2.29. The topological polar surface area (TPSA) is 80.7 Å². The van der Waals surface area contributed by atoms with Gasteiger partial charge in [0.05, 0.1) is 24.5 Å². The highest BCUT2D eigenvalue weighted by Gasteiger charge is 2.42. The molecule has 3 heterocycles. The fourth-order valence-electron chi connectivity index (χ4n) is 4.65. The van der Waals surface area contributed by atoms with Crippen molar-refractivity contribution in [2.24, 2.45) is 0 Å². The fourth-order valence-corrected chi connectivity index (χ4v) is 5.00. The summed E-state index contributed by atoms with van der Waals surface area (Å²) in [5, 5.41) is 6.91. The number of anilines is 2. The van der Waals surface area contributed by atoms with Crippen molar-refractivity contribution >= 4 is 34.6 Å². The molecule has 2 aromatic carbocycles. The maximum absolute atomic E-state index is 11.9. The fraction of sp³-hybridized carbons (Fsp3) is 0.179. The first kappa shape index (κ1) is 24.5. The molecule has 2 N–H and O–H groups in total. The average Bonchev–Trinajstić information content (AvgIpc) is 3.54. The Bertz CT molecular complexity index is 1390. The van der Waals surface area contributed by atoms with Crippen molar-refractivity contribution in [3.8, 4) is 11.4 Å². The second-order valence-corrected chi connectivity index (χ2v) is 8.89. The van der Waals surface area contributed by atoms with Gasteiger partial charge in [0.15, 0.2) is 5.11 Å². The van der Waals surface area contributed by atoms with Crippen LogP contribution in [0.2, 0.25) is 0 Å². The molecule has 2 aromatic heterocycles. The Labute approximate surface area is 220 Å². The molecule has 2 atom stereocenters. The van der Waals surface area contributed by atoms with E-state index in [1.807, 2.05) is 79.0 Å². The number of rotatable bonds is 8. The smallest absolute Gasteiger partial charge is 0.250 e. The number of ether oxygens (including phenoxy) is 2. The van der Waals surface area contributed by atoms with Gasteiger partial charge in [-0.05, 0) is 72.9 Å². The van der Waals surface area contributed by atoms with E-state index in [1.54, 1.807) is 13.3 Å². The second kappa shape index (κ2) is 10.8. The van der Waals surface area contributed by atoms with Crippen LogP contribution in [-0.4, -0.2) is 41.4 Å². The van der Waals surface area contributed by atoms with Gasteiger partial charge in [0.2, 0.25) is 5.91 Å². The summed E-state index contributed by atoms with van der Waals surface area (Å²) in [5.74, 6) is 0.557. The summed E-state index contributed by atoms with van der Waals surface area (Å²) in [4.78, 5) is 18.7. The molecular weight excluding hydrogens is 486 g/mol. The van der Waals surface area contributed by atoms with Crippen LogP contribution in [-0.2, 0) is 9.53 Å². The molecule has 4 aromatic rings. The zero-order chi connectivity index (χ0) is 25.8. The van der Waals surface area contributed by atoms with E-state index in [9.17, 15) is 4.79 Å². The van der Waals surface area contributed by atoms with Gasteiger partial charge in [-0.1, -0.05) is 18.2 Å². The van der Waals surface area contributed by atoms with E-state index >= 15 is 0 Å². The Balaban J connectivity index is 1.58. The number of para-hydroxylation sites is 2. The van der Waals surface area contributed by atoms with E-state index in [2.05, 4.69) is 31.2 Å². The van der Waals surface area contributed by atoms with Crippen LogP contribution < -0.4 is 20.3 Å². The van der Waals surface area contributed by atoms with Crippen molar-refractivity contribution in [2.45, 2.75) is 12.1 Å². The molecule has 1 aliphatic rings. The number of methoxy groups -OCH3 is 2. The van der Waals surface area contributed by atoms with Gasteiger partial charge in [-0.25, -0.2) is 0 Å². The van der Waals surface area contributed by atoms with Crippen LogP contribution >= 0.6 is 12.2 Å². The zero-order valence-corrected chi connectivity index (χ0v) is 21.3. The summed E-state index contributed by atoms with van der Waals surface area (Å²) in [6, 6.07) is 25.1. The number of nitrogens with one attached hydrogen (secondary N) is 2. The Morgan fingerprint density at radius 1 is 1.03 bits per heavy atom. The molecule has 1 saturated heterocycles. The number of amides is 1. The van der Waals surface area contributed by atoms with Crippen molar-refractivity contribution in [3.05, 3.63) is 103 Å². The van der Waals surface area contributed by atoms with Gasteiger partial charge < -0.3 is 29.6 Å². The molecule has 1 aliphatic heterocycles. The molecule has 0 aliphatic carbocycles. The maximum Gasteiger partial charge on any atom is 0.250 e. The van der Waals surface area contributed by atoms with Crippen LogP contribution in [0.1, 0.15) is 23.5 Å². The number of hydrogen-bond acceptors (Lipinski definition) is 5. The van der Waals surface area contributed by atoms with Gasteiger partial charge in [0, 0.05) is 36.6 Å². The molecule has 0 radical (unpaired) electrons. The first-order valence-electron chi connectivity index (χ1n) is 11.8. The number of thiocarbonyl (C=S) groups is 1. The molecule has 5 rings (SSSR count). The normalized spacial score (nSPS) is 16.9. The Morgan fingerprint density at radius 3 is 2.54 bits per heavy atom. The number of pyridine rings is 1. The van der Waals surface area contributed by atoms with Crippen LogP contribution in [0.25, 0.3) is 5.69 Å². The number of aromatic nitrogens is 2. The molecule has 0 unspecified atom stereocenters. The summed E-state index contributed by atoms with van der Waals surface area (Å²) in [6.07, 6.45) is 3.81. The highest BCUT2D eigenvalue weighted by Crippen LogP contribution is 2.43. The minimum atomic E-state index is -0.212. The molecule has 8 nitrogen and oxygen atoms in total. The van der Waals surface area contributed by atoms with Gasteiger partial charge in [0.1, 0.15) is 18.4 Å². The molecule has 188 valence electrons. The summed E-state index contributed by atoms with van der Waals surface area (Å²) in [6.45, 7) is -0.00432. The van der Waals surface area contributed by atoms with Crippen LogP contribution in [0.3, 0.4) is 0 Å². The van der Waals surface area contributed by atoms with Crippen molar-refractivity contribution in [3.63, 3.8) is 0 Å². The van der Waals surface area contributed by atoms with E-state index < -0.39 is 0 Å². The zero-order valence-electron chi connectivity index (χ0n) is 20.5. The molecular formula is C28H27N5O3S. The Morgan fingerprint density at radius 2 is 1.81 bits per heavy atom. The SMILES string of the molecule is COCC(=O)Nc1ccc(N2C(=S)N[C@@H](c3ccccn3)[C@H]2c2cccn2-c2ccccc2OC)cc1. The van der Waals surface area contributed by atoms with Gasteiger partial charge in [-0.3, -0.25) is 9.78 Å². The molecule has 9 heteroatoms. The highest BCUT2D eigenvalue weighted by atomic mass is 32.1. The lowest BCUT2D eigenvalue weighted by atomic mass is 10.0. The second-order valence-electron chi connectivity index (χ2n) is 8.50.